The van der Waals surface area contributed by atoms with Crippen molar-refractivity contribution in [3.05, 3.63) is 92.2 Å². The Balaban J connectivity index is 1.58. The van der Waals surface area contributed by atoms with Gasteiger partial charge in [0.15, 0.2) is 5.69 Å². The van der Waals surface area contributed by atoms with Gasteiger partial charge in [0.1, 0.15) is 0 Å². The van der Waals surface area contributed by atoms with Crippen LogP contribution in [-0.4, -0.2) is 26.4 Å². The first-order valence-electron chi connectivity index (χ1n) is 11.3. The largest absolute Gasteiger partial charge is 0.296 e. The molecule has 1 saturated carbocycles. The van der Waals surface area contributed by atoms with Crippen molar-refractivity contribution in [3.63, 3.8) is 0 Å². The van der Waals surface area contributed by atoms with Crippen molar-refractivity contribution in [1.82, 2.24) is 14.8 Å². The van der Waals surface area contributed by atoms with Crippen LogP contribution in [0.1, 0.15) is 53.8 Å². The lowest BCUT2D eigenvalue weighted by molar-refractivity contribution is 0.0674. The molecule has 5 rings (SSSR count). The van der Waals surface area contributed by atoms with Gasteiger partial charge in [-0.05, 0) is 73.2 Å². The number of carbonyl (C=O) groups is 1. The zero-order chi connectivity index (χ0) is 23.8. The Morgan fingerprint density at radius 1 is 1.06 bits per heavy atom. The van der Waals surface area contributed by atoms with E-state index in [0.29, 0.717) is 21.6 Å². The summed E-state index contributed by atoms with van der Waals surface area (Å²) in [6.07, 6.45) is 6.67. The quantitative estimate of drug-likeness (QED) is 0.367. The first-order chi connectivity index (χ1) is 16.4. The number of rotatable bonds is 4. The highest BCUT2D eigenvalue weighted by atomic mass is 35.5. The van der Waals surface area contributed by atoms with Crippen molar-refractivity contribution in [1.29, 1.82) is 0 Å². The Morgan fingerprint density at radius 2 is 1.74 bits per heavy atom. The van der Waals surface area contributed by atoms with Gasteiger partial charge in [0.25, 0.3) is 5.91 Å². The molecule has 2 heterocycles. The summed E-state index contributed by atoms with van der Waals surface area (Å²) in [5, 5.41) is 12.6. The molecule has 1 aliphatic heterocycles. The Hall–Kier alpha value is -2.60. The van der Waals surface area contributed by atoms with Gasteiger partial charge in [0.2, 0.25) is 0 Å². The first-order valence-corrected chi connectivity index (χ1v) is 12.4. The third kappa shape index (κ3) is 4.40. The van der Waals surface area contributed by atoms with Gasteiger partial charge in [-0.2, -0.15) is 10.2 Å². The zero-order valence-corrected chi connectivity index (χ0v) is 20.9. The lowest BCUT2D eigenvalue weighted by Crippen LogP contribution is -2.32. The molecule has 1 amide bonds. The van der Waals surface area contributed by atoms with E-state index in [1.54, 1.807) is 15.9 Å². The number of hydrogen-bond acceptors (Lipinski definition) is 3. The van der Waals surface area contributed by atoms with Crippen LogP contribution in [0.4, 0.5) is 0 Å². The van der Waals surface area contributed by atoms with Crippen LogP contribution in [0.2, 0.25) is 15.1 Å². The normalized spacial score (nSPS) is 21.0. The summed E-state index contributed by atoms with van der Waals surface area (Å²) < 4.78 is 1.66. The molecule has 2 atom stereocenters. The van der Waals surface area contributed by atoms with Gasteiger partial charge in [0, 0.05) is 28.7 Å². The van der Waals surface area contributed by atoms with Gasteiger partial charge in [-0.15, -0.1) is 0 Å². The van der Waals surface area contributed by atoms with Crippen molar-refractivity contribution in [3.8, 4) is 0 Å². The molecule has 1 aromatic heterocycles. The number of aryl methyl sites for hydroxylation is 1. The lowest BCUT2D eigenvalue weighted by atomic mass is 9.77. The SMILES string of the molecule is CCn1cc(Cl)c(C(=O)N2N=C3/C(=C/c4ccc(Cl)cc4)CCC[C@H]3[C@H]2c2ccc(Cl)cc2)n1. The van der Waals surface area contributed by atoms with Crippen LogP contribution in [0.25, 0.3) is 6.08 Å². The van der Waals surface area contributed by atoms with E-state index in [2.05, 4.69) is 11.2 Å². The molecular weight excluding hydrogens is 491 g/mol. The van der Waals surface area contributed by atoms with Crippen LogP contribution < -0.4 is 0 Å². The van der Waals surface area contributed by atoms with E-state index < -0.39 is 0 Å². The number of halogens is 3. The van der Waals surface area contributed by atoms with Gasteiger partial charge in [0.05, 0.1) is 16.8 Å². The van der Waals surface area contributed by atoms with Crippen LogP contribution in [0.15, 0.2) is 65.4 Å². The Bertz CT molecular complexity index is 1280. The fourth-order valence-corrected chi connectivity index (χ4v) is 5.22. The van der Waals surface area contributed by atoms with Gasteiger partial charge in [-0.3, -0.25) is 9.48 Å². The number of hydrogen-bond donors (Lipinski definition) is 0. The van der Waals surface area contributed by atoms with E-state index in [9.17, 15) is 4.79 Å². The van der Waals surface area contributed by atoms with Crippen LogP contribution in [0.3, 0.4) is 0 Å². The standard InChI is InChI=1S/C26H23Cl3N4O/c1-2-32-15-22(29)24(30-32)26(34)33-25(17-8-12-20(28)13-9-17)21-5-3-4-18(23(21)31-33)14-16-6-10-19(27)11-7-16/h6-15,21,25H,2-5H2,1H3/b18-14+/t21-,25-/m1/s1. The average molecular weight is 514 g/mol. The highest BCUT2D eigenvalue weighted by Crippen LogP contribution is 2.45. The minimum atomic E-state index is -0.301. The summed E-state index contributed by atoms with van der Waals surface area (Å²) in [4.78, 5) is 13.7. The maximum absolute atomic E-state index is 13.7. The Kier molecular flexibility index (Phi) is 6.52. The van der Waals surface area contributed by atoms with Gasteiger partial charge in [-0.25, -0.2) is 5.01 Å². The van der Waals surface area contributed by atoms with Crippen LogP contribution in [0, 0.1) is 5.92 Å². The molecule has 0 N–H and O–H groups in total. The number of nitrogens with zero attached hydrogens (tertiary/aromatic N) is 4. The van der Waals surface area contributed by atoms with E-state index in [-0.39, 0.29) is 23.6 Å². The third-order valence-corrected chi connectivity index (χ3v) is 7.16. The maximum Gasteiger partial charge on any atom is 0.296 e. The van der Waals surface area contributed by atoms with Crippen LogP contribution in [-0.2, 0) is 6.54 Å². The molecule has 0 spiro atoms. The predicted molar refractivity (Wildman–Crippen MR) is 137 cm³/mol. The van der Waals surface area contributed by atoms with Crippen molar-refractivity contribution >= 4 is 52.5 Å². The summed E-state index contributed by atoms with van der Waals surface area (Å²) in [5.74, 6) is -0.227. The van der Waals surface area contributed by atoms with Crippen molar-refractivity contribution in [2.24, 2.45) is 11.0 Å². The van der Waals surface area contributed by atoms with E-state index >= 15 is 0 Å². The molecular formula is C26H23Cl3N4O. The second-order valence-electron chi connectivity index (χ2n) is 8.53. The van der Waals surface area contributed by atoms with E-state index in [1.165, 1.54) is 0 Å². The molecule has 5 nitrogen and oxygen atoms in total. The van der Waals surface area contributed by atoms with E-state index in [4.69, 9.17) is 39.9 Å². The molecule has 1 aliphatic carbocycles. The smallest absolute Gasteiger partial charge is 0.271 e. The minimum Gasteiger partial charge on any atom is -0.271 e. The second kappa shape index (κ2) is 9.57. The monoisotopic (exact) mass is 512 g/mol. The molecule has 34 heavy (non-hydrogen) atoms. The van der Waals surface area contributed by atoms with E-state index in [1.807, 2.05) is 55.5 Å². The summed E-state index contributed by atoms with van der Waals surface area (Å²) in [7, 11) is 0. The number of hydrazone groups is 1. The molecule has 0 unspecified atom stereocenters. The summed E-state index contributed by atoms with van der Waals surface area (Å²) in [6.45, 7) is 2.57. The molecule has 0 radical (unpaired) electrons. The van der Waals surface area contributed by atoms with Crippen molar-refractivity contribution in [2.75, 3.05) is 0 Å². The highest BCUT2D eigenvalue weighted by Gasteiger charge is 2.44. The predicted octanol–water partition coefficient (Wildman–Crippen LogP) is 7.30. The number of amides is 1. The number of benzene rings is 2. The van der Waals surface area contributed by atoms with E-state index in [0.717, 1.165) is 41.7 Å². The van der Waals surface area contributed by atoms with Gasteiger partial charge < -0.3 is 0 Å². The maximum atomic E-state index is 13.7. The lowest BCUT2D eigenvalue weighted by Gasteiger charge is -2.29. The average Bonchev–Trinajstić information content (AvgIpc) is 3.42. The second-order valence-corrected chi connectivity index (χ2v) is 9.81. The molecule has 1 fully saturated rings. The number of aromatic nitrogens is 2. The fourth-order valence-electron chi connectivity index (χ4n) is 4.73. The number of allylic oxidation sites excluding steroid dienone is 1. The molecule has 8 heteroatoms. The summed E-state index contributed by atoms with van der Waals surface area (Å²) >= 11 is 18.6. The molecule has 2 aromatic carbocycles. The molecule has 174 valence electrons. The fraction of sp³-hybridized carbons (Fsp3) is 0.269. The highest BCUT2D eigenvalue weighted by molar-refractivity contribution is 6.33. The van der Waals surface area contributed by atoms with Crippen molar-refractivity contribution in [2.45, 2.75) is 38.8 Å². The molecule has 0 saturated heterocycles. The van der Waals surface area contributed by atoms with Gasteiger partial charge in [-0.1, -0.05) is 59.1 Å². The van der Waals surface area contributed by atoms with Crippen molar-refractivity contribution < 1.29 is 4.79 Å². The van der Waals surface area contributed by atoms with Crippen LogP contribution in [0.5, 0.6) is 0 Å². The van der Waals surface area contributed by atoms with Crippen LogP contribution >= 0.6 is 34.8 Å². The summed E-state index contributed by atoms with van der Waals surface area (Å²) in [6, 6.07) is 15.1. The minimum absolute atomic E-state index is 0.0736. The molecule has 2 aliphatic rings. The summed E-state index contributed by atoms with van der Waals surface area (Å²) in [5.41, 5.74) is 4.34. The first kappa shape index (κ1) is 23.2. The third-order valence-electron chi connectivity index (χ3n) is 6.38. The molecule has 3 aromatic rings. The Morgan fingerprint density at radius 3 is 2.38 bits per heavy atom. The Labute approximate surface area is 213 Å². The topological polar surface area (TPSA) is 50.5 Å². The molecule has 0 bridgehead atoms. The number of fused-ring (bicyclic) bond motifs is 1. The zero-order valence-electron chi connectivity index (χ0n) is 18.6. The van der Waals surface area contributed by atoms with Gasteiger partial charge >= 0.3 is 0 Å². The number of carbonyl (C=O) groups excluding carboxylic acids is 1.